The lowest BCUT2D eigenvalue weighted by atomic mass is 9.98. The van der Waals surface area contributed by atoms with Crippen LogP contribution in [0, 0.1) is 0 Å². The van der Waals surface area contributed by atoms with E-state index in [9.17, 15) is 18.4 Å². The quantitative estimate of drug-likeness (QED) is 0.672. The van der Waals surface area contributed by atoms with Crippen molar-refractivity contribution in [2.75, 3.05) is 27.2 Å². The number of rotatable bonds is 9. The lowest BCUT2D eigenvalue weighted by molar-refractivity contribution is -0.676. The van der Waals surface area contributed by atoms with Gasteiger partial charge in [0.05, 0.1) is 6.54 Å². The van der Waals surface area contributed by atoms with E-state index in [0.717, 1.165) is 11.1 Å². The van der Waals surface area contributed by atoms with E-state index in [1.165, 1.54) is 17.0 Å². The summed E-state index contributed by atoms with van der Waals surface area (Å²) in [6.45, 7) is -2.83. The number of alkyl halides is 2. The van der Waals surface area contributed by atoms with Crippen LogP contribution >= 0.6 is 0 Å². The van der Waals surface area contributed by atoms with E-state index in [4.69, 9.17) is 0 Å². The van der Waals surface area contributed by atoms with Crippen molar-refractivity contribution in [1.82, 2.24) is 10.2 Å². The number of ether oxygens (including phenoxy) is 1. The van der Waals surface area contributed by atoms with Crippen LogP contribution < -0.4 is 15.4 Å². The van der Waals surface area contributed by atoms with Crippen LogP contribution in [0.1, 0.15) is 17.2 Å². The Hall–Kier alpha value is -3.00. The Morgan fingerprint density at radius 2 is 1.64 bits per heavy atom. The van der Waals surface area contributed by atoms with Gasteiger partial charge in [0.15, 0.2) is 6.54 Å². The maximum atomic E-state index is 12.3. The van der Waals surface area contributed by atoms with Crippen LogP contribution in [-0.2, 0) is 9.59 Å². The van der Waals surface area contributed by atoms with Crippen LogP contribution in [-0.4, -0.2) is 50.5 Å². The van der Waals surface area contributed by atoms with Gasteiger partial charge in [0.2, 0.25) is 5.91 Å². The fourth-order valence-corrected chi connectivity index (χ4v) is 2.61. The number of hydrogen-bond donors (Lipinski definition) is 2. The predicted molar refractivity (Wildman–Crippen MR) is 99.9 cm³/mol. The van der Waals surface area contributed by atoms with Gasteiger partial charge in [-0.15, -0.1) is 0 Å². The molecular formula is C20H24F2N3O3+. The fourth-order valence-electron chi connectivity index (χ4n) is 2.61. The van der Waals surface area contributed by atoms with Crippen LogP contribution in [0.3, 0.4) is 0 Å². The fraction of sp³-hybridized carbons (Fsp3) is 0.300. The van der Waals surface area contributed by atoms with E-state index >= 15 is 0 Å². The topological polar surface area (TPSA) is 75.3 Å². The van der Waals surface area contributed by atoms with Gasteiger partial charge in [0.1, 0.15) is 11.8 Å². The second-order valence-corrected chi connectivity index (χ2v) is 6.34. The van der Waals surface area contributed by atoms with Gasteiger partial charge in [-0.2, -0.15) is 8.78 Å². The van der Waals surface area contributed by atoms with Crippen LogP contribution in [0.4, 0.5) is 8.78 Å². The van der Waals surface area contributed by atoms with Crippen molar-refractivity contribution in [2.45, 2.75) is 12.7 Å². The molecule has 6 nitrogen and oxygen atoms in total. The van der Waals surface area contributed by atoms with Crippen molar-refractivity contribution in [3.63, 3.8) is 0 Å². The predicted octanol–water partition coefficient (Wildman–Crippen LogP) is 1.15. The van der Waals surface area contributed by atoms with Crippen molar-refractivity contribution in [1.29, 1.82) is 0 Å². The van der Waals surface area contributed by atoms with Crippen molar-refractivity contribution in [3.8, 4) is 5.75 Å². The molecule has 0 unspecified atom stereocenters. The highest BCUT2D eigenvalue weighted by atomic mass is 19.3. The van der Waals surface area contributed by atoms with Gasteiger partial charge < -0.3 is 20.3 Å². The summed E-state index contributed by atoms with van der Waals surface area (Å²) >= 11 is 0. The minimum absolute atomic E-state index is 0.0602. The maximum absolute atomic E-state index is 12.3. The average molecular weight is 392 g/mol. The number of carbonyl (C=O) groups excluding carboxylic acids is 2. The van der Waals surface area contributed by atoms with E-state index in [1.54, 1.807) is 26.2 Å². The first kappa shape index (κ1) is 21.3. The molecule has 2 amide bonds. The first-order valence-corrected chi connectivity index (χ1v) is 8.76. The molecule has 28 heavy (non-hydrogen) atoms. The Labute approximate surface area is 162 Å². The second kappa shape index (κ2) is 10.4. The van der Waals surface area contributed by atoms with Gasteiger partial charge in [-0.05, 0) is 24.3 Å². The number of halogens is 2. The summed E-state index contributed by atoms with van der Waals surface area (Å²) in [4.78, 5) is 25.1. The number of nitrogens with one attached hydrogen (secondary N) is 1. The molecule has 0 spiro atoms. The van der Waals surface area contributed by atoms with Crippen molar-refractivity contribution in [2.24, 2.45) is 0 Å². The molecular weight excluding hydrogens is 368 g/mol. The minimum atomic E-state index is -2.88. The van der Waals surface area contributed by atoms with Crippen molar-refractivity contribution >= 4 is 11.8 Å². The number of benzene rings is 2. The number of carbonyl (C=O) groups is 2. The lowest BCUT2D eigenvalue weighted by Gasteiger charge is -2.17. The minimum Gasteiger partial charge on any atom is -0.435 e. The van der Waals surface area contributed by atoms with Crippen molar-refractivity contribution < 1.29 is 28.4 Å². The number of nitrogens with zero attached hydrogens (tertiary/aromatic N) is 1. The Morgan fingerprint density at radius 3 is 2.21 bits per heavy atom. The summed E-state index contributed by atoms with van der Waals surface area (Å²) in [5.74, 6) is -0.387. The maximum Gasteiger partial charge on any atom is 0.387 e. The average Bonchev–Trinajstić information content (AvgIpc) is 2.67. The third kappa shape index (κ3) is 6.62. The first-order chi connectivity index (χ1) is 13.4. The molecule has 0 saturated heterocycles. The SMILES string of the molecule is CN(C)C(=O)CNC(=O)C[NH2+][C@@H](c1ccccc1)c1ccc(OC(F)F)cc1. The van der Waals surface area contributed by atoms with Gasteiger partial charge >= 0.3 is 6.61 Å². The third-order valence-electron chi connectivity index (χ3n) is 4.10. The highest BCUT2D eigenvalue weighted by Crippen LogP contribution is 2.22. The third-order valence-corrected chi connectivity index (χ3v) is 4.10. The smallest absolute Gasteiger partial charge is 0.387 e. The van der Waals surface area contributed by atoms with Gasteiger partial charge in [-0.25, -0.2) is 0 Å². The highest BCUT2D eigenvalue weighted by Gasteiger charge is 2.19. The molecule has 0 saturated carbocycles. The van der Waals surface area contributed by atoms with Crippen LogP contribution in [0.2, 0.25) is 0 Å². The molecule has 0 aliphatic rings. The zero-order valence-electron chi connectivity index (χ0n) is 15.8. The zero-order valence-corrected chi connectivity index (χ0v) is 15.8. The summed E-state index contributed by atoms with van der Waals surface area (Å²) in [6, 6.07) is 15.6. The summed E-state index contributed by atoms with van der Waals surface area (Å²) in [6.07, 6.45) is 0. The largest absolute Gasteiger partial charge is 0.435 e. The molecule has 2 aromatic rings. The Morgan fingerprint density at radius 1 is 1.04 bits per heavy atom. The summed E-state index contributed by atoms with van der Waals surface area (Å²) in [7, 11) is 3.24. The molecule has 0 radical (unpaired) electrons. The lowest BCUT2D eigenvalue weighted by Crippen LogP contribution is -2.87. The number of amides is 2. The van der Waals surface area contributed by atoms with E-state index in [2.05, 4.69) is 10.1 Å². The molecule has 150 valence electrons. The van der Waals surface area contributed by atoms with Gasteiger partial charge in [0.25, 0.3) is 5.91 Å². The molecule has 8 heteroatoms. The Balaban J connectivity index is 2.06. The molecule has 0 fully saturated rings. The first-order valence-electron chi connectivity index (χ1n) is 8.76. The number of quaternary nitrogens is 1. The van der Waals surface area contributed by atoms with Gasteiger partial charge in [0, 0.05) is 25.2 Å². The number of likely N-dealkylation sites (N-methyl/N-ethyl adjacent to an activating group) is 1. The molecule has 2 aromatic carbocycles. The van der Waals surface area contributed by atoms with Crippen molar-refractivity contribution in [3.05, 3.63) is 65.7 Å². The molecule has 0 aliphatic heterocycles. The Bertz CT molecular complexity index is 768. The summed E-state index contributed by atoms with van der Waals surface area (Å²) in [5.41, 5.74) is 1.80. The van der Waals surface area contributed by atoms with Crippen LogP contribution in [0.25, 0.3) is 0 Å². The molecule has 2 rings (SSSR count). The molecule has 0 bridgehead atoms. The number of nitrogens with two attached hydrogens (primary N) is 1. The Kier molecular flexibility index (Phi) is 7.88. The second-order valence-electron chi connectivity index (χ2n) is 6.34. The molecule has 1 atom stereocenters. The zero-order chi connectivity index (χ0) is 20.5. The monoisotopic (exact) mass is 392 g/mol. The van der Waals surface area contributed by atoms with E-state index in [-0.39, 0.29) is 36.7 Å². The standard InChI is InChI=1S/C20H23F2N3O3/c1-25(2)18(27)13-23-17(26)12-24-19(14-6-4-3-5-7-14)15-8-10-16(11-9-15)28-20(21)22/h3-11,19-20,24H,12-13H2,1-2H3,(H,23,26)/p+1/t19-/m0/s1. The van der Waals surface area contributed by atoms with E-state index in [1.807, 2.05) is 35.6 Å². The molecule has 0 aromatic heterocycles. The normalized spacial score (nSPS) is 11.8. The molecule has 3 N–H and O–H groups in total. The highest BCUT2D eigenvalue weighted by molar-refractivity contribution is 5.84. The summed E-state index contributed by atoms with van der Waals surface area (Å²) in [5, 5.41) is 4.42. The van der Waals surface area contributed by atoms with Gasteiger partial charge in [-0.3, -0.25) is 9.59 Å². The number of hydrogen-bond acceptors (Lipinski definition) is 3. The van der Waals surface area contributed by atoms with E-state index in [0.29, 0.717) is 0 Å². The van der Waals surface area contributed by atoms with E-state index < -0.39 is 6.61 Å². The van der Waals surface area contributed by atoms with Crippen LogP contribution in [0.15, 0.2) is 54.6 Å². The molecule has 0 heterocycles. The van der Waals surface area contributed by atoms with Crippen LogP contribution in [0.5, 0.6) is 5.75 Å². The van der Waals surface area contributed by atoms with Gasteiger partial charge in [-0.1, -0.05) is 30.3 Å². The summed E-state index contributed by atoms with van der Waals surface area (Å²) < 4.78 is 29.1. The molecule has 0 aliphatic carbocycles.